The minimum absolute atomic E-state index is 0.0972. The summed E-state index contributed by atoms with van der Waals surface area (Å²) in [5.41, 5.74) is 7.02. The number of rotatable bonds is 5. The maximum absolute atomic E-state index is 5.84. The number of aromatic nitrogens is 2. The SMILES string of the molecule is CCC(N)Cc1nc(Cc2ccccc2)no1. The van der Waals surface area contributed by atoms with E-state index in [1.54, 1.807) is 0 Å². The van der Waals surface area contributed by atoms with Gasteiger partial charge in [-0.05, 0) is 12.0 Å². The Morgan fingerprint density at radius 1 is 1.29 bits per heavy atom. The minimum atomic E-state index is 0.0972. The number of benzene rings is 1. The van der Waals surface area contributed by atoms with Gasteiger partial charge in [0.1, 0.15) is 0 Å². The molecule has 0 fully saturated rings. The highest BCUT2D eigenvalue weighted by Gasteiger charge is 2.10. The third-order valence-corrected chi connectivity index (χ3v) is 2.68. The smallest absolute Gasteiger partial charge is 0.228 e. The largest absolute Gasteiger partial charge is 0.339 e. The quantitative estimate of drug-likeness (QED) is 0.854. The van der Waals surface area contributed by atoms with Crippen LogP contribution in [-0.2, 0) is 12.8 Å². The Morgan fingerprint density at radius 3 is 2.76 bits per heavy atom. The fourth-order valence-corrected chi connectivity index (χ4v) is 1.59. The molecule has 0 amide bonds. The third kappa shape index (κ3) is 3.39. The molecule has 4 heteroatoms. The molecule has 0 bridgehead atoms. The van der Waals surface area contributed by atoms with E-state index < -0.39 is 0 Å². The molecule has 0 aliphatic rings. The van der Waals surface area contributed by atoms with Crippen LogP contribution in [0.3, 0.4) is 0 Å². The highest BCUT2D eigenvalue weighted by Crippen LogP contribution is 2.08. The first-order chi connectivity index (χ1) is 8.28. The topological polar surface area (TPSA) is 64.9 Å². The molecule has 17 heavy (non-hydrogen) atoms. The lowest BCUT2D eigenvalue weighted by Gasteiger charge is -2.02. The van der Waals surface area contributed by atoms with Crippen LogP contribution in [0.25, 0.3) is 0 Å². The Hall–Kier alpha value is -1.68. The van der Waals surface area contributed by atoms with E-state index >= 15 is 0 Å². The van der Waals surface area contributed by atoms with E-state index in [4.69, 9.17) is 10.3 Å². The van der Waals surface area contributed by atoms with Crippen molar-refractivity contribution in [2.45, 2.75) is 32.2 Å². The van der Waals surface area contributed by atoms with Gasteiger partial charge in [-0.1, -0.05) is 42.4 Å². The summed E-state index contributed by atoms with van der Waals surface area (Å²) >= 11 is 0. The molecule has 1 unspecified atom stereocenters. The standard InChI is InChI=1S/C13H17N3O/c1-2-11(14)9-13-15-12(16-17-13)8-10-6-4-3-5-7-10/h3-7,11H,2,8-9,14H2,1H3. The maximum atomic E-state index is 5.84. The van der Waals surface area contributed by atoms with Crippen LogP contribution in [0.4, 0.5) is 0 Å². The summed E-state index contributed by atoms with van der Waals surface area (Å²) in [4.78, 5) is 4.34. The Morgan fingerprint density at radius 2 is 2.06 bits per heavy atom. The average molecular weight is 231 g/mol. The zero-order chi connectivity index (χ0) is 12.1. The van der Waals surface area contributed by atoms with E-state index in [1.807, 2.05) is 37.3 Å². The Kier molecular flexibility index (Phi) is 3.88. The highest BCUT2D eigenvalue weighted by molar-refractivity contribution is 5.18. The first-order valence-corrected chi connectivity index (χ1v) is 5.89. The van der Waals surface area contributed by atoms with Crippen molar-refractivity contribution in [1.29, 1.82) is 0 Å². The second kappa shape index (κ2) is 5.59. The van der Waals surface area contributed by atoms with Gasteiger partial charge in [-0.15, -0.1) is 0 Å². The number of nitrogens with zero attached hydrogens (tertiary/aromatic N) is 2. The molecular formula is C13H17N3O. The van der Waals surface area contributed by atoms with Crippen molar-refractivity contribution in [3.63, 3.8) is 0 Å². The van der Waals surface area contributed by atoms with Gasteiger partial charge < -0.3 is 10.3 Å². The summed E-state index contributed by atoms with van der Waals surface area (Å²) in [7, 11) is 0. The second-order valence-electron chi connectivity index (χ2n) is 4.14. The molecule has 0 aliphatic heterocycles. The molecule has 0 saturated carbocycles. The van der Waals surface area contributed by atoms with Gasteiger partial charge in [0.2, 0.25) is 5.89 Å². The van der Waals surface area contributed by atoms with Crippen LogP contribution < -0.4 is 5.73 Å². The zero-order valence-electron chi connectivity index (χ0n) is 9.97. The molecule has 2 rings (SSSR count). The summed E-state index contributed by atoms with van der Waals surface area (Å²) in [6.45, 7) is 2.05. The lowest BCUT2D eigenvalue weighted by atomic mass is 10.1. The molecule has 1 atom stereocenters. The molecule has 4 nitrogen and oxygen atoms in total. The molecule has 0 radical (unpaired) electrons. The normalized spacial score (nSPS) is 12.6. The molecule has 2 N–H and O–H groups in total. The molecule has 1 heterocycles. The van der Waals surface area contributed by atoms with Gasteiger partial charge in [0.15, 0.2) is 5.82 Å². The van der Waals surface area contributed by atoms with Crippen molar-refractivity contribution < 1.29 is 4.52 Å². The van der Waals surface area contributed by atoms with Crippen molar-refractivity contribution in [1.82, 2.24) is 10.1 Å². The van der Waals surface area contributed by atoms with Crippen molar-refractivity contribution >= 4 is 0 Å². The van der Waals surface area contributed by atoms with E-state index in [-0.39, 0.29) is 6.04 Å². The number of hydrogen-bond donors (Lipinski definition) is 1. The number of nitrogens with two attached hydrogens (primary N) is 1. The van der Waals surface area contributed by atoms with Crippen LogP contribution in [0.1, 0.15) is 30.6 Å². The average Bonchev–Trinajstić information content (AvgIpc) is 2.77. The van der Waals surface area contributed by atoms with E-state index in [2.05, 4.69) is 10.1 Å². The first kappa shape index (κ1) is 11.8. The molecule has 0 spiro atoms. The third-order valence-electron chi connectivity index (χ3n) is 2.68. The summed E-state index contributed by atoms with van der Waals surface area (Å²) in [5, 5.41) is 3.96. The van der Waals surface area contributed by atoms with Crippen LogP contribution in [0.2, 0.25) is 0 Å². The predicted octanol–water partition coefficient (Wildman–Crippen LogP) is 1.94. The number of hydrogen-bond acceptors (Lipinski definition) is 4. The molecule has 90 valence electrons. The lowest BCUT2D eigenvalue weighted by molar-refractivity contribution is 0.363. The van der Waals surface area contributed by atoms with Crippen LogP contribution >= 0.6 is 0 Å². The van der Waals surface area contributed by atoms with Crippen LogP contribution in [-0.4, -0.2) is 16.2 Å². The summed E-state index contributed by atoms with van der Waals surface area (Å²) in [6, 6.07) is 10.2. The molecular weight excluding hydrogens is 214 g/mol. The molecule has 0 aliphatic carbocycles. The molecule has 1 aromatic heterocycles. The van der Waals surface area contributed by atoms with E-state index in [9.17, 15) is 0 Å². The minimum Gasteiger partial charge on any atom is -0.339 e. The first-order valence-electron chi connectivity index (χ1n) is 5.89. The fourth-order valence-electron chi connectivity index (χ4n) is 1.59. The van der Waals surface area contributed by atoms with E-state index in [0.717, 1.165) is 12.2 Å². The lowest BCUT2D eigenvalue weighted by Crippen LogP contribution is -2.21. The summed E-state index contributed by atoms with van der Waals surface area (Å²) in [6.07, 6.45) is 2.26. The maximum Gasteiger partial charge on any atom is 0.228 e. The van der Waals surface area contributed by atoms with Gasteiger partial charge in [-0.3, -0.25) is 0 Å². The van der Waals surface area contributed by atoms with E-state index in [1.165, 1.54) is 5.56 Å². The monoisotopic (exact) mass is 231 g/mol. The van der Waals surface area contributed by atoms with Crippen molar-refractivity contribution in [2.24, 2.45) is 5.73 Å². The Balaban J connectivity index is 1.99. The second-order valence-corrected chi connectivity index (χ2v) is 4.14. The van der Waals surface area contributed by atoms with Crippen molar-refractivity contribution in [3.05, 3.63) is 47.6 Å². The van der Waals surface area contributed by atoms with Gasteiger partial charge in [-0.25, -0.2) is 0 Å². The summed E-state index contributed by atoms with van der Waals surface area (Å²) < 4.78 is 5.17. The molecule has 2 aromatic rings. The molecule has 1 aromatic carbocycles. The van der Waals surface area contributed by atoms with Crippen LogP contribution in [0.15, 0.2) is 34.9 Å². The van der Waals surface area contributed by atoms with Crippen LogP contribution in [0.5, 0.6) is 0 Å². The van der Waals surface area contributed by atoms with E-state index in [0.29, 0.717) is 18.7 Å². The van der Waals surface area contributed by atoms with Crippen molar-refractivity contribution in [3.8, 4) is 0 Å². The Bertz CT molecular complexity index is 453. The van der Waals surface area contributed by atoms with Gasteiger partial charge in [0.05, 0.1) is 0 Å². The van der Waals surface area contributed by atoms with Crippen molar-refractivity contribution in [2.75, 3.05) is 0 Å². The van der Waals surface area contributed by atoms with Gasteiger partial charge in [0.25, 0.3) is 0 Å². The van der Waals surface area contributed by atoms with Gasteiger partial charge >= 0.3 is 0 Å². The van der Waals surface area contributed by atoms with Gasteiger partial charge in [-0.2, -0.15) is 4.98 Å². The molecule has 0 saturated heterocycles. The highest BCUT2D eigenvalue weighted by atomic mass is 16.5. The van der Waals surface area contributed by atoms with Gasteiger partial charge in [0, 0.05) is 18.9 Å². The fraction of sp³-hybridized carbons (Fsp3) is 0.385. The van der Waals surface area contributed by atoms with Crippen LogP contribution in [0, 0.1) is 0 Å². The zero-order valence-corrected chi connectivity index (χ0v) is 9.97. The Labute approximate surface area is 101 Å². The predicted molar refractivity (Wildman–Crippen MR) is 65.5 cm³/mol. The summed E-state index contributed by atoms with van der Waals surface area (Å²) in [5.74, 6) is 1.35.